The van der Waals surface area contributed by atoms with E-state index in [1.54, 1.807) is 41.5 Å². The van der Waals surface area contributed by atoms with Gasteiger partial charge in [-0.25, -0.2) is 32.3 Å². The zero-order chi connectivity index (χ0) is 56.7. The molecule has 1 fully saturated rings. The smallest absolute Gasteiger partial charge is 1.00 e. The number of nitrogens with one attached hydrogen (secondary N) is 5. The first-order valence-electron chi connectivity index (χ1n) is 22.1. The van der Waals surface area contributed by atoms with Crippen molar-refractivity contribution in [2.24, 2.45) is 23.5 Å². The Bertz CT molecular complexity index is 1690. The number of alkyl halides is 2. The van der Waals surface area contributed by atoms with Gasteiger partial charge in [-0.1, -0.05) is 73.4 Å². The maximum absolute atomic E-state index is 11.7. The molecule has 8 N–H and O–H groups in total. The average Bonchev–Trinajstić information content (AvgIpc) is 4.12. The van der Waals surface area contributed by atoms with Gasteiger partial charge in [-0.05, 0) is 91.4 Å². The van der Waals surface area contributed by atoms with Crippen LogP contribution in [0.1, 0.15) is 117 Å². The van der Waals surface area contributed by atoms with Gasteiger partial charge in [-0.2, -0.15) is 0 Å². The molecule has 3 atom stereocenters. The first kappa shape index (κ1) is 85.8. The zero-order valence-electron chi connectivity index (χ0n) is 46.7. The molecule has 0 radical (unpaired) electrons. The zero-order valence-corrected chi connectivity index (χ0v) is 56.0. The van der Waals surface area contributed by atoms with Gasteiger partial charge < -0.3 is 67.4 Å². The first-order chi connectivity index (χ1) is 32.5. The van der Waals surface area contributed by atoms with Gasteiger partial charge in [0, 0.05) is 10.7 Å². The van der Waals surface area contributed by atoms with Crippen molar-refractivity contribution in [3.63, 3.8) is 0 Å². The summed E-state index contributed by atoms with van der Waals surface area (Å²) >= 11 is 6.40. The van der Waals surface area contributed by atoms with Gasteiger partial charge in [0.05, 0.1) is 33.1 Å². The fraction of sp³-hybridized carbons (Fsp3) is 0.791. The van der Waals surface area contributed by atoms with E-state index in [2.05, 4.69) is 76.9 Å². The Balaban J connectivity index is -0.000000127. The van der Waals surface area contributed by atoms with Crippen LogP contribution in [0.15, 0.2) is 0 Å². The number of carbonyl (C=O) groups is 9. The second-order valence-corrected chi connectivity index (χ2v) is 21.7. The number of ether oxygens (including phenoxy) is 5. The molecule has 3 unspecified atom stereocenters. The number of halogens is 2. The van der Waals surface area contributed by atoms with Crippen LogP contribution >= 0.6 is 31.9 Å². The van der Waals surface area contributed by atoms with Crippen molar-refractivity contribution in [2.45, 2.75) is 150 Å². The summed E-state index contributed by atoms with van der Waals surface area (Å²) in [6, 6.07) is -1.93. The summed E-state index contributed by atoms with van der Waals surface area (Å²) < 4.78 is 48.9. The number of amides is 4. The van der Waals surface area contributed by atoms with Crippen LogP contribution in [0.4, 0.5) is 9.59 Å². The molecule has 25 nitrogen and oxygen atoms in total. The third kappa shape index (κ3) is 61.6. The van der Waals surface area contributed by atoms with Crippen molar-refractivity contribution in [3.8, 4) is 0 Å². The maximum atomic E-state index is 11.7. The Labute approximate surface area is 535 Å². The molecule has 4 amide bonds. The van der Waals surface area contributed by atoms with Crippen LogP contribution in [0, 0.1) is 17.8 Å². The Kier molecular flexibility index (Phi) is 57.8. The summed E-state index contributed by atoms with van der Waals surface area (Å²) in [4.78, 5) is 101. The van der Waals surface area contributed by atoms with E-state index in [9.17, 15) is 46.8 Å². The van der Waals surface area contributed by atoms with Gasteiger partial charge in [-0.15, -0.1) is 0 Å². The number of nitrogens with two attached hydrogens (primary N) is 1. The molecule has 73 heavy (non-hydrogen) atoms. The number of esters is 3. The van der Waals surface area contributed by atoms with Crippen LogP contribution in [0.25, 0.3) is 0 Å². The minimum Gasteiger partial charge on any atom is -1.00 e. The van der Waals surface area contributed by atoms with Gasteiger partial charge in [0.2, 0.25) is 21.8 Å². The third-order valence-corrected chi connectivity index (χ3v) is 11.1. The molecule has 0 aromatic carbocycles. The fourth-order valence-corrected chi connectivity index (χ4v) is 5.82. The molecule has 0 aromatic heterocycles. The van der Waals surface area contributed by atoms with Crippen molar-refractivity contribution >= 4 is 96.2 Å². The fourth-order valence-electron chi connectivity index (χ4n) is 4.49. The second-order valence-electron chi connectivity index (χ2n) is 18.0. The van der Waals surface area contributed by atoms with Crippen LogP contribution in [-0.2, 0) is 72.2 Å². The van der Waals surface area contributed by atoms with Crippen molar-refractivity contribution in [2.75, 3.05) is 51.6 Å². The molecule has 1 saturated carbocycles. The molecule has 0 spiro atoms. The van der Waals surface area contributed by atoms with Crippen LogP contribution in [0.2, 0.25) is 0 Å². The van der Waals surface area contributed by atoms with Crippen LogP contribution in [-0.4, -0.2) is 154 Å². The van der Waals surface area contributed by atoms with Gasteiger partial charge >= 0.3 is 139 Å². The predicted octanol–water partition coefficient (Wildman–Crippen LogP) is -3.55. The molecule has 1 aliphatic rings. The number of aliphatic carboxylic acids is 1. The molecule has 0 bridgehead atoms. The Hall–Kier alpha value is -1.11. The molecule has 420 valence electrons. The molecule has 1 aliphatic carbocycles. The van der Waals surface area contributed by atoms with Crippen LogP contribution in [0.3, 0.4) is 0 Å². The SMILES string of the molecule is BrCCBr.CC(C)(C)OC(=O)NCC(=O)O.COC(=O)C(CC(C)C)NC(=O)CNC(=O)OC(C)(C)C.COC(=O)C(CC(C)C)NC(=O)CNS(=O)(=O)C1CC1.COC(=O)C(N)CC(C)C.O=CO[O-].[H-].[K+].[K+]. The van der Waals surface area contributed by atoms with Gasteiger partial charge in [-0.3, -0.25) is 24.0 Å². The minimum absolute atomic E-state index is 0. The largest absolute Gasteiger partial charge is 1.00 e. The molecule has 30 heteroatoms. The predicted molar refractivity (Wildman–Crippen MR) is 268 cm³/mol. The summed E-state index contributed by atoms with van der Waals surface area (Å²) in [5.74, 6) is -2.62. The van der Waals surface area contributed by atoms with Crippen LogP contribution in [0.5, 0.6) is 0 Å². The Morgan fingerprint density at radius 2 is 1.00 bits per heavy atom. The monoisotopic (exact) mass is 1250 g/mol. The Morgan fingerprint density at radius 3 is 1.26 bits per heavy atom. The first-order valence-corrected chi connectivity index (χ1v) is 25.9. The van der Waals surface area contributed by atoms with Crippen molar-refractivity contribution < 1.29 is 195 Å². The van der Waals surface area contributed by atoms with E-state index in [0.29, 0.717) is 38.0 Å². The molecule has 0 saturated heterocycles. The van der Waals surface area contributed by atoms with Gasteiger partial charge in [0.25, 0.3) is 6.47 Å². The number of carbonyl (C=O) groups excluding carboxylic acids is 8. The van der Waals surface area contributed by atoms with E-state index in [0.717, 1.165) is 10.7 Å². The number of hydrogen-bond donors (Lipinski definition) is 7. The maximum Gasteiger partial charge on any atom is 1.00 e. The average molecular weight is 1260 g/mol. The third-order valence-electron chi connectivity index (χ3n) is 7.37. The number of carboxylic acids is 1. The van der Waals surface area contributed by atoms with E-state index >= 15 is 0 Å². The summed E-state index contributed by atoms with van der Waals surface area (Å²) in [5, 5.41) is 27.8. The van der Waals surface area contributed by atoms with E-state index in [-0.39, 0.29) is 147 Å². The topological polar surface area (TPSA) is 373 Å². The standard InChI is InChI=1S/C14H26N2O5.C12H22N2O5S.C7H13NO4.C7H15NO2.C2H4Br2.CH2O3.2K.H/c1-9(2)7-10(12(18)20-6)16-11(17)8-15-13(19)21-14(3,4)5;1-8(2)6-10(12(16)19-3)14-11(15)7-13-20(17,18)9-4-5-9;1-7(2,3)12-6(11)8-4-5(9)10;1-5(2)4-6(8)7(9)10-3;3-1-2-4;2-1-4-3;;;/h9-10H,7-8H2,1-6H3,(H,15,19)(H,16,17);8-10,13H,4-7H2,1-3H3,(H,14,15);4H2,1-3H3,(H,8,11)(H,9,10);5-6H,4,8H2,1-3H3;1-2H2;1,3H;;;/q;;;;;;2*+1;-1/p-1. The number of hydrogen-bond acceptors (Lipinski definition) is 19. The number of methoxy groups -OCH3 is 3. The van der Waals surface area contributed by atoms with Gasteiger partial charge in [0.15, 0.2) is 0 Å². The summed E-state index contributed by atoms with van der Waals surface area (Å²) in [6.45, 7) is 20.8. The number of carboxylic acid groups (broad SMARTS) is 1. The van der Waals surface area contributed by atoms with Crippen molar-refractivity contribution in [1.29, 1.82) is 0 Å². The van der Waals surface area contributed by atoms with E-state index in [1.165, 1.54) is 21.3 Å². The van der Waals surface area contributed by atoms with E-state index < -0.39 is 87.8 Å². The second kappa shape index (κ2) is 49.2. The molecule has 0 heterocycles. The van der Waals surface area contributed by atoms with Crippen molar-refractivity contribution in [3.05, 3.63) is 0 Å². The molecular weight excluding hydrogens is 1170 g/mol. The normalized spacial score (nSPS) is 12.5. The molecule has 0 aliphatic heterocycles. The summed E-state index contributed by atoms with van der Waals surface area (Å²) in [7, 11) is 0.468. The Morgan fingerprint density at radius 1 is 0.671 bits per heavy atom. The van der Waals surface area contributed by atoms with E-state index in [4.69, 9.17) is 30.4 Å². The van der Waals surface area contributed by atoms with E-state index in [1.807, 2.05) is 41.5 Å². The molecule has 0 aromatic rings. The van der Waals surface area contributed by atoms with Crippen LogP contribution < -0.4 is 140 Å². The molecular formula is C43H82Br2K2N6O19S. The van der Waals surface area contributed by atoms with Gasteiger partial charge in [0.1, 0.15) is 42.4 Å². The molecule has 1 rings (SSSR count). The summed E-state index contributed by atoms with van der Waals surface area (Å²) in [6.07, 6.45) is 1.45. The number of sulfonamides is 1. The summed E-state index contributed by atoms with van der Waals surface area (Å²) in [5.41, 5.74) is 4.23. The number of alkyl carbamates (subject to hydrolysis) is 2. The van der Waals surface area contributed by atoms with Crippen molar-refractivity contribution in [1.82, 2.24) is 26.0 Å². The quantitative estimate of drug-likeness (QED) is 0.0111. The minimum atomic E-state index is -3.39. The number of rotatable bonds is 21.